The zero-order valence-corrected chi connectivity index (χ0v) is 15.5. The average Bonchev–Trinajstić information content (AvgIpc) is 2.89. The van der Waals surface area contributed by atoms with E-state index in [0.29, 0.717) is 18.0 Å². The molecular formula is C19H25FN4O2. The van der Waals surface area contributed by atoms with Gasteiger partial charge in [-0.2, -0.15) is 0 Å². The van der Waals surface area contributed by atoms with Crippen LogP contribution >= 0.6 is 0 Å². The highest BCUT2D eigenvalue weighted by atomic mass is 19.1. The van der Waals surface area contributed by atoms with Crippen LogP contribution in [-0.2, 0) is 0 Å². The molecule has 1 unspecified atom stereocenters. The van der Waals surface area contributed by atoms with E-state index in [-0.39, 0.29) is 29.2 Å². The van der Waals surface area contributed by atoms with Crippen LogP contribution in [0.5, 0.6) is 0 Å². The molecule has 2 heterocycles. The minimum Gasteiger partial charge on any atom is -0.403 e. The number of hydrogen-bond acceptors (Lipinski definition) is 4. The third-order valence-corrected chi connectivity index (χ3v) is 4.97. The van der Waals surface area contributed by atoms with Crippen LogP contribution in [-0.4, -0.2) is 34.2 Å². The molecule has 1 aliphatic heterocycles. The lowest BCUT2D eigenvalue weighted by Crippen LogP contribution is -2.36. The normalized spacial score (nSPS) is 18.5. The Balaban J connectivity index is 1.61. The molecule has 2 amide bonds. The van der Waals surface area contributed by atoms with Gasteiger partial charge in [-0.15, -0.1) is 5.10 Å². The summed E-state index contributed by atoms with van der Waals surface area (Å²) in [6, 6.07) is 5.56. The lowest BCUT2D eigenvalue weighted by atomic mass is 9.77. The summed E-state index contributed by atoms with van der Waals surface area (Å²) in [7, 11) is 0. The smallest absolute Gasteiger partial charge is 0.325 e. The molecule has 140 valence electrons. The van der Waals surface area contributed by atoms with E-state index in [9.17, 15) is 9.18 Å². The third kappa shape index (κ3) is 4.39. The van der Waals surface area contributed by atoms with Crippen LogP contribution < -0.4 is 5.32 Å². The standard InChI is InChI=1S/C19H25FN4O2/c1-19(2,3)14-5-4-11-24(12-10-14)18(25)21-17-23-22-16(26-17)13-6-8-15(20)9-7-13/h6-9,14H,4-5,10-12H2,1-3H3,(H,21,23,25). The Morgan fingerprint density at radius 2 is 1.92 bits per heavy atom. The Morgan fingerprint density at radius 3 is 2.62 bits per heavy atom. The summed E-state index contributed by atoms with van der Waals surface area (Å²) in [6.07, 6.45) is 3.10. The van der Waals surface area contributed by atoms with Gasteiger partial charge >= 0.3 is 12.0 Å². The molecule has 1 N–H and O–H groups in total. The Hall–Kier alpha value is -2.44. The van der Waals surface area contributed by atoms with Gasteiger partial charge in [-0.1, -0.05) is 25.9 Å². The van der Waals surface area contributed by atoms with Gasteiger partial charge in [-0.3, -0.25) is 5.32 Å². The second-order valence-corrected chi connectivity index (χ2v) is 7.83. The highest BCUT2D eigenvalue weighted by Gasteiger charge is 2.28. The molecule has 1 aliphatic rings. The number of benzene rings is 1. The van der Waals surface area contributed by atoms with E-state index in [0.717, 1.165) is 25.8 Å². The van der Waals surface area contributed by atoms with Crippen molar-refractivity contribution in [2.24, 2.45) is 11.3 Å². The summed E-state index contributed by atoms with van der Waals surface area (Å²) in [4.78, 5) is 14.3. The molecule has 3 rings (SSSR count). The van der Waals surface area contributed by atoms with Crippen molar-refractivity contribution in [3.05, 3.63) is 30.1 Å². The van der Waals surface area contributed by atoms with Crippen LogP contribution in [0.2, 0.25) is 0 Å². The molecule has 6 nitrogen and oxygen atoms in total. The van der Waals surface area contributed by atoms with Gasteiger partial charge < -0.3 is 9.32 Å². The summed E-state index contributed by atoms with van der Waals surface area (Å²) in [5.41, 5.74) is 0.852. The van der Waals surface area contributed by atoms with Crippen LogP contribution in [0.1, 0.15) is 40.0 Å². The molecule has 0 spiro atoms. The molecule has 1 saturated heterocycles. The first-order valence-electron chi connectivity index (χ1n) is 8.98. The minimum atomic E-state index is -0.337. The molecule has 0 bridgehead atoms. The van der Waals surface area contributed by atoms with E-state index in [1.807, 2.05) is 0 Å². The van der Waals surface area contributed by atoms with Gasteiger partial charge in [0.1, 0.15) is 5.82 Å². The maximum atomic E-state index is 13.0. The van der Waals surface area contributed by atoms with Crippen LogP contribution in [0.15, 0.2) is 28.7 Å². The number of urea groups is 1. The molecule has 26 heavy (non-hydrogen) atoms. The van der Waals surface area contributed by atoms with E-state index in [1.54, 1.807) is 17.0 Å². The molecule has 2 aromatic rings. The number of nitrogens with one attached hydrogen (secondary N) is 1. The summed E-state index contributed by atoms with van der Waals surface area (Å²) in [6.45, 7) is 8.19. The molecular weight excluding hydrogens is 335 g/mol. The van der Waals surface area contributed by atoms with Crippen LogP contribution in [0, 0.1) is 17.2 Å². The van der Waals surface area contributed by atoms with Gasteiger partial charge in [-0.05, 0) is 54.9 Å². The number of anilines is 1. The van der Waals surface area contributed by atoms with Crippen molar-refractivity contribution >= 4 is 12.0 Å². The topological polar surface area (TPSA) is 71.3 Å². The number of carbonyl (C=O) groups excluding carboxylic acids is 1. The van der Waals surface area contributed by atoms with Crippen molar-refractivity contribution in [2.75, 3.05) is 18.4 Å². The second kappa shape index (κ2) is 7.43. The number of aromatic nitrogens is 2. The molecule has 1 aromatic heterocycles. The molecule has 1 aromatic carbocycles. The van der Waals surface area contributed by atoms with Gasteiger partial charge in [0, 0.05) is 18.7 Å². The molecule has 7 heteroatoms. The van der Waals surface area contributed by atoms with E-state index >= 15 is 0 Å². The van der Waals surface area contributed by atoms with Crippen molar-refractivity contribution in [3.8, 4) is 11.5 Å². The number of likely N-dealkylation sites (tertiary alicyclic amines) is 1. The zero-order chi connectivity index (χ0) is 18.7. The van der Waals surface area contributed by atoms with Crippen molar-refractivity contribution in [2.45, 2.75) is 40.0 Å². The van der Waals surface area contributed by atoms with Crippen molar-refractivity contribution in [1.82, 2.24) is 15.1 Å². The number of carbonyl (C=O) groups is 1. The van der Waals surface area contributed by atoms with Crippen molar-refractivity contribution in [1.29, 1.82) is 0 Å². The maximum Gasteiger partial charge on any atom is 0.325 e. The van der Waals surface area contributed by atoms with Gasteiger partial charge in [0.2, 0.25) is 5.89 Å². The third-order valence-electron chi connectivity index (χ3n) is 4.97. The maximum absolute atomic E-state index is 13.0. The molecule has 0 saturated carbocycles. The summed E-state index contributed by atoms with van der Waals surface area (Å²) >= 11 is 0. The second-order valence-electron chi connectivity index (χ2n) is 7.83. The first-order valence-corrected chi connectivity index (χ1v) is 8.98. The number of amides is 2. The molecule has 0 radical (unpaired) electrons. The fraction of sp³-hybridized carbons (Fsp3) is 0.526. The first-order chi connectivity index (χ1) is 12.3. The minimum absolute atomic E-state index is 0.0472. The number of rotatable bonds is 2. The highest BCUT2D eigenvalue weighted by Crippen LogP contribution is 2.34. The summed E-state index contributed by atoms with van der Waals surface area (Å²) in [5, 5.41) is 10.4. The SMILES string of the molecule is CC(C)(C)C1CCCN(C(=O)Nc2nnc(-c3ccc(F)cc3)o2)CC1. The van der Waals surface area contributed by atoms with E-state index in [4.69, 9.17) is 4.42 Å². The van der Waals surface area contributed by atoms with Crippen LogP contribution in [0.3, 0.4) is 0 Å². The van der Waals surface area contributed by atoms with Gasteiger partial charge in [0.15, 0.2) is 0 Å². The monoisotopic (exact) mass is 360 g/mol. The number of hydrogen-bond donors (Lipinski definition) is 1. The zero-order valence-electron chi connectivity index (χ0n) is 15.5. The fourth-order valence-electron chi connectivity index (χ4n) is 3.32. The van der Waals surface area contributed by atoms with Crippen molar-refractivity contribution in [3.63, 3.8) is 0 Å². The number of nitrogens with zero attached hydrogens (tertiary/aromatic N) is 3. The highest BCUT2D eigenvalue weighted by molar-refractivity contribution is 5.87. The lowest BCUT2D eigenvalue weighted by molar-refractivity contribution is 0.200. The fourth-order valence-corrected chi connectivity index (χ4v) is 3.32. The lowest BCUT2D eigenvalue weighted by Gasteiger charge is -2.29. The van der Waals surface area contributed by atoms with Crippen molar-refractivity contribution < 1.29 is 13.6 Å². The Morgan fingerprint density at radius 1 is 1.19 bits per heavy atom. The van der Waals surface area contributed by atoms with Crippen LogP contribution in [0.25, 0.3) is 11.5 Å². The van der Waals surface area contributed by atoms with E-state index in [2.05, 4.69) is 36.3 Å². The Labute approximate surface area is 152 Å². The van der Waals surface area contributed by atoms with Crippen LogP contribution in [0.4, 0.5) is 15.2 Å². The predicted molar refractivity (Wildman–Crippen MR) is 97.1 cm³/mol. The predicted octanol–water partition coefficient (Wildman–Crippen LogP) is 4.56. The Kier molecular flexibility index (Phi) is 5.25. The van der Waals surface area contributed by atoms with Gasteiger partial charge in [-0.25, -0.2) is 9.18 Å². The molecule has 1 fully saturated rings. The van der Waals surface area contributed by atoms with Gasteiger partial charge in [0.25, 0.3) is 0 Å². The first kappa shape index (κ1) is 18.4. The average molecular weight is 360 g/mol. The quantitative estimate of drug-likeness (QED) is 0.852. The summed E-state index contributed by atoms with van der Waals surface area (Å²) < 4.78 is 18.5. The summed E-state index contributed by atoms with van der Waals surface area (Å²) in [5.74, 6) is 0.509. The molecule has 0 aliphatic carbocycles. The van der Waals surface area contributed by atoms with E-state index in [1.165, 1.54) is 12.1 Å². The molecule has 1 atom stereocenters. The Bertz CT molecular complexity index is 752. The van der Waals surface area contributed by atoms with Gasteiger partial charge in [0.05, 0.1) is 0 Å². The van der Waals surface area contributed by atoms with E-state index < -0.39 is 0 Å². The number of halogens is 1. The largest absolute Gasteiger partial charge is 0.403 e.